The third-order valence-corrected chi connectivity index (χ3v) is 3.29. The molecule has 0 aromatic carbocycles. The van der Waals surface area contributed by atoms with Crippen LogP contribution in [0.5, 0.6) is 0 Å². The van der Waals surface area contributed by atoms with Gasteiger partial charge in [-0.05, 0) is 8.58 Å². The third kappa shape index (κ3) is 11.7. The standard InChI is InChI=1S/C5H11N2O8PS2/c8-4(6-2-17(10,11)12)1-16-5(9)7-3-18(13,14)15/h16H,1-3H2,(H,6,8)(H,7,9)(H,10,11,12)(H,13,14,15). The van der Waals surface area contributed by atoms with Gasteiger partial charge in [-0.25, -0.2) is 0 Å². The van der Waals surface area contributed by atoms with Crippen LogP contribution in [0.1, 0.15) is 0 Å². The highest BCUT2D eigenvalue weighted by Crippen LogP contribution is 2.09. The number of carbonyl (C=O) groups excluding carboxylic acids is 2. The molecule has 0 rings (SSSR count). The molecular formula is C5H11N2O8PS2. The molecule has 1 unspecified atom stereocenters. The summed E-state index contributed by atoms with van der Waals surface area (Å²) in [6.07, 6.45) is -0.368. The second-order valence-corrected chi connectivity index (χ2v) is 6.98. The molecule has 0 aromatic rings. The molecule has 0 heterocycles. The molecule has 0 bridgehead atoms. The van der Waals surface area contributed by atoms with Crippen molar-refractivity contribution in [3.63, 3.8) is 0 Å². The van der Waals surface area contributed by atoms with Gasteiger partial charge in [0.05, 0.1) is 6.16 Å². The Hall–Kier alpha value is -0.810. The SMILES string of the molecule is O=C(CPC(=O)NCS(=O)(=O)O)NCS(=O)(=O)O. The Kier molecular flexibility index (Phi) is 6.63. The van der Waals surface area contributed by atoms with E-state index in [4.69, 9.17) is 9.11 Å². The van der Waals surface area contributed by atoms with Crippen molar-refractivity contribution in [2.75, 3.05) is 17.9 Å². The maximum absolute atomic E-state index is 11.0. The Morgan fingerprint density at radius 1 is 0.944 bits per heavy atom. The van der Waals surface area contributed by atoms with Gasteiger partial charge >= 0.3 is 0 Å². The minimum absolute atomic E-state index is 0.368. The lowest BCUT2D eigenvalue weighted by Gasteiger charge is -2.04. The molecule has 13 heteroatoms. The van der Waals surface area contributed by atoms with Crippen LogP contribution in [0.4, 0.5) is 4.79 Å². The molecule has 0 spiro atoms. The molecule has 0 saturated heterocycles. The number of amides is 2. The minimum Gasteiger partial charge on any atom is -0.340 e. The molecule has 0 aliphatic rings. The first-order valence-electron chi connectivity index (χ1n) is 4.18. The van der Waals surface area contributed by atoms with Gasteiger partial charge in [0.25, 0.3) is 20.2 Å². The van der Waals surface area contributed by atoms with Crippen LogP contribution in [-0.4, -0.2) is 55.4 Å². The summed E-state index contributed by atoms with van der Waals surface area (Å²) in [5.41, 5.74) is -0.783. The summed E-state index contributed by atoms with van der Waals surface area (Å²) >= 11 is 0. The summed E-state index contributed by atoms with van der Waals surface area (Å²) in [4.78, 5) is 21.9. The monoisotopic (exact) mass is 322 g/mol. The van der Waals surface area contributed by atoms with Crippen LogP contribution in [0.3, 0.4) is 0 Å². The molecule has 10 nitrogen and oxygen atoms in total. The molecule has 0 radical (unpaired) electrons. The Labute approximate surface area is 105 Å². The topological polar surface area (TPSA) is 167 Å². The summed E-state index contributed by atoms with van der Waals surface area (Å²) < 4.78 is 57.6. The second kappa shape index (κ2) is 6.95. The molecule has 0 fully saturated rings. The number of nitrogens with one attached hydrogen (secondary N) is 2. The average molecular weight is 322 g/mol. The van der Waals surface area contributed by atoms with Crippen LogP contribution in [0.15, 0.2) is 0 Å². The highest BCUT2D eigenvalue weighted by molar-refractivity contribution is 7.86. The van der Waals surface area contributed by atoms with Crippen molar-refractivity contribution in [1.29, 1.82) is 0 Å². The fourth-order valence-electron chi connectivity index (χ4n) is 0.614. The molecule has 0 saturated carbocycles. The Bertz CT molecular complexity index is 464. The van der Waals surface area contributed by atoms with Crippen LogP contribution in [0, 0.1) is 0 Å². The zero-order valence-electron chi connectivity index (χ0n) is 8.78. The normalized spacial score (nSPS) is 12.6. The molecule has 106 valence electrons. The Morgan fingerprint density at radius 3 is 1.83 bits per heavy atom. The predicted molar refractivity (Wildman–Crippen MR) is 62.7 cm³/mol. The maximum Gasteiger partial charge on any atom is 0.283 e. The molecule has 1 atom stereocenters. The molecule has 0 aliphatic carbocycles. The molecule has 4 N–H and O–H groups in total. The lowest BCUT2D eigenvalue weighted by Crippen LogP contribution is -2.31. The van der Waals surface area contributed by atoms with Gasteiger partial charge in [0.2, 0.25) is 11.6 Å². The zero-order valence-corrected chi connectivity index (χ0v) is 11.4. The minimum atomic E-state index is -4.33. The van der Waals surface area contributed by atoms with Gasteiger partial charge in [-0.1, -0.05) is 0 Å². The van der Waals surface area contributed by atoms with Gasteiger partial charge in [0, 0.05) is 0 Å². The van der Waals surface area contributed by atoms with Crippen molar-refractivity contribution in [3.8, 4) is 0 Å². The summed E-state index contributed by atoms with van der Waals surface area (Å²) in [6, 6.07) is 0. The number of rotatable bonds is 7. The predicted octanol–water partition coefficient (Wildman–Crippen LogP) is -1.82. The quantitative estimate of drug-likeness (QED) is 0.314. The molecule has 18 heavy (non-hydrogen) atoms. The first-order valence-corrected chi connectivity index (χ1v) is 8.61. The van der Waals surface area contributed by atoms with Crippen LogP contribution < -0.4 is 10.6 Å². The number of carbonyl (C=O) groups is 2. The van der Waals surface area contributed by atoms with E-state index in [0.717, 1.165) is 0 Å². The van der Waals surface area contributed by atoms with E-state index in [1.165, 1.54) is 0 Å². The Morgan fingerprint density at radius 2 is 1.39 bits per heavy atom. The zero-order chi connectivity index (χ0) is 14.4. The molecular weight excluding hydrogens is 311 g/mol. The van der Waals surface area contributed by atoms with E-state index < -0.39 is 52.1 Å². The van der Waals surface area contributed by atoms with Gasteiger partial charge in [0.15, 0.2) is 0 Å². The highest BCUT2D eigenvalue weighted by Gasteiger charge is 2.11. The van der Waals surface area contributed by atoms with E-state index in [9.17, 15) is 26.4 Å². The lowest BCUT2D eigenvalue weighted by atomic mass is 10.7. The fourth-order valence-corrected chi connectivity index (χ4v) is 2.06. The van der Waals surface area contributed by atoms with E-state index in [2.05, 4.69) is 0 Å². The second-order valence-electron chi connectivity index (χ2n) is 2.91. The van der Waals surface area contributed by atoms with Crippen molar-refractivity contribution in [2.45, 2.75) is 0 Å². The largest absolute Gasteiger partial charge is 0.340 e. The van der Waals surface area contributed by atoms with Crippen LogP contribution in [0.25, 0.3) is 0 Å². The summed E-state index contributed by atoms with van der Waals surface area (Å²) in [7, 11) is -9.31. The van der Waals surface area contributed by atoms with Gasteiger partial charge < -0.3 is 10.6 Å². The van der Waals surface area contributed by atoms with Gasteiger partial charge in [0.1, 0.15) is 11.8 Å². The third-order valence-electron chi connectivity index (χ3n) is 1.28. The molecule has 2 amide bonds. The average Bonchev–Trinajstić information content (AvgIpc) is 2.18. The molecule has 0 aliphatic heterocycles. The van der Waals surface area contributed by atoms with Crippen molar-refractivity contribution >= 4 is 40.4 Å². The van der Waals surface area contributed by atoms with E-state index >= 15 is 0 Å². The van der Waals surface area contributed by atoms with E-state index in [1.807, 2.05) is 10.6 Å². The molecule has 0 aromatic heterocycles. The number of hydrogen-bond acceptors (Lipinski definition) is 6. The van der Waals surface area contributed by atoms with Crippen molar-refractivity contribution in [2.24, 2.45) is 0 Å². The highest BCUT2D eigenvalue weighted by atomic mass is 32.2. The van der Waals surface area contributed by atoms with Crippen molar-refractivity contribution in [3.05, 3.63) is 0 Å². The Balaban J connectivity index is 3.89. The summed E-state index contributed by atoms with van der Waals surface area (Å²) in [6.45, 7) is 0. The van der Waals surface area contributed by atoms with Crippen LogP contribution >= 0.6 is 8.58 Å². The maximum atomic E-state index is 11.0. The smallest absolute Gasteiger partial charge is 0.283 e. The lowest BCUT2D eigenvalue weighted by molar-refractivity contribution is -0.118. The fraction of sp³-hybridized carbons (Fsp3) is 0.600. The van der Waals surface area contributed by atoms with Crippen LogP contribution in [-0.2, 0) is 25.0 Å². The van der Waals surface area contributed by atoms with Gasteiger partial charge in [-0.3, -0.25) is 18.7 Å². The summed E-state index contributed by atoms with van der Waals surface area (Å²) in [5.74, 6) is -2.73. The van der Waals surface area contributed by atoms with Crippen LogP contribution in [0.2, 0.25) is 0 Å². The number of hydrogen-bond donors (Lipinski definition) is 4. The summed E-state index contributed by atoms with van der Waals surface area (Å²) in [5, 5.41) is 3.67. The van der Waals surface area contributed by atoms with Crippen molar-refractivity contribution in [1.82, 2.24) is 10.6 Å². The van der Waals surface area contributed by atoms with E-state index in [1.54, 1.807) is 0 Å². The van der Waals surface area contributed by atoms with Gasteiger partial charge in [-0.15, -0.1) is 0 Å². The van der Waals surface area contributed by atoms with E-state index in [0.29, 0.717) is 0 Å². The van der Waals surface area contributed by atoms with Crippen molar-refractivity contribution < 1.29 is 35.5 Å². The first-order chi connectivity index (χ1) is 7.99. The van der Waals surface area contributed by atoms with Gasteiger partial charge in [-0.2, -0.15) is 16.8 Å². The van der Waals surface area contributed by atoms with E-state index in [-0.39, 0.29) is 6.16 Å². The first kappa shape index (κ1) is 17.2.